The molecular weight excluding hydrogens is 310 g/mol. The summed E-state index contributed by atoms with van der Waals surface area (Å²) in [6.07, 6.45) is 2.12. The van der Waals surface area contributed by atoms with Gasteiger partial charge in [-0.2, -0.15) is 0 Å². The normalized spacial score (nSPS) is 17.4. The number of aryl methyl sites for hydroxylation is 2. The Balaban J connectivity index is 2.07. The van der Waals surface area contributed by atoms with Gasteiger partial charge in [-0.25, -0.2) is 4.79 Å². The molecule has 1 amide bonds. The van der Waals surface area contributed by atoms with Gasteiger partial charge in [0.25, 0.3) is 5.91 Å². The molecule has 0 aliphatic carbocycles. The van der Waals surface area contributed by atoms with Crippen LogP contribution in [0.4, 0.5) is 0 Å². The number of rotatable bonds is 6. The molecule has 1 unspecified atom stereocenters. The number of ether oxygens (including phenoxy) is 2. The predicted molar refractivity (Wildman–Crippen MR) is 89.6 cm³/mol. The molecule has 1 aliphatic heterocycles. The van der Waals surface area contributed by atoms with Gasteiger partial charge in [0.2, 0.25) is 0 Å². The van der Waals surface area contributed by atoms with Gasteiger partial charge in [0.1, 0.15) is 5.75 Å². The molecule has 6 heteroatoms. The quantitative estimate of drug-likeness (QED) is 0.863. The number of benzene rings is 1. The number of amides is 1. The van der Waals surface area contributed by atoms with E-state index in [0.717, 1.165) is 30.6 Å². The molecule has 6 nitrogen and oxygen atoms in total. The van der Waals surface area contributed by atoms with E-state index < -0.39 is 12.6 Å². The van der Waals surface area contributed by atoms with Gasteiger partial charge in [-0.1, -0.05) is 0 Å². The van der Waals surface area contributed by atoms with Crippen molar-refractivity contribution >= 4 is 11.9 Å². The van der Waals surface area contributed by atoms with Crippen LogP contribution in [0.1, 0.15) is 34.3 Å². The van der Waals surface area contributed by atoms with Crippen LogP contribution >= 0.6 is 0 Å². The zero-order valence-corrected chi connectivity index (χ0v) is 14.5. The van der Waals surface area contributed by atoms with Crippen LogP contribution in [0.25, 0.3) is 0 Å². The third-order valence-corrected chi connectivity index (χ3v) is 4.18. The minimum absolute atomic E-state index is 0.0449. The van der Waals surface area contributed by atoms with Crippen molar-refractivity contribution in [1.29, 1.82) is 0 Å². The lowest BCUT2D eigenvalue weighted by Gasteiger charge is -2.27. The van der Waals surface area contributed by atoms with Crippen molar-refractivity contribution in [3.63, 3.8) is 0 Å². The molecule has 1 aromatic carbocycles. The zero-order chi connectivity index (χ0) is 17.7. The molecule has 132 valence electrons. The highest BCUT2D eigenvalue weighted by Gasteiger charge is 2.21. The maximum atomic E-state index is 12.7. The van der Waals surface area contributed by atoms with Crippen LogP contribution < -0.4 is 4.74 Å². The summed E-state index contributed by atoms with van der Waals surface area (Å²) in [7, 11) is 1.80. The van der Waals surface area contributed by atoms with Crippen LogP contribution in [0.5, 0.6) is 5.75 Å². The van der Waals surface area contributed by atoms with Crippen molar-refractivity contribution in [2.45, 2.75) is 26.7 Å². The smallest absolute Gasteiger partial charge is 0.341 e. The number of nitrogens with zero attached hydrogens (tertiary/aromatic N) is 1. The molecule has 2 rings (SSSR count). The molecule has 1 atom stereocenters. The highest BCUT2D eigenvalue weighted by Crippen LogP contribution is 2.26. The first-order chi connectivity index (χ1) is 11.4. The fraction of sp³-hybridized carbons (Fsp3) is 0.556. The topological polar surface area (TPSA) is 76.1 Å². The van der Waals surface area contributed by atoms with Gasteiger partial charge in [-0.15, -0.1) is 0 Å². The minimum Gasteiger partial charge on any atom is -0.481 e. The van der Waals surface area contributed by atoms with Crippen LogP contribution in [0.2, 0.25) is 0 Å². The Morgan fingerprint density at radius 3 is 2.54 bits per heavy atom. The zero-order valence-electron chi connectivity index (χ0n) is 14.5. The van der Waals surface area contributed by atoms with E-state index in [1.165, 1.54) is 0 Å². The van der Waals surface area contributed by atoms with Crippen molar-refractivity contribution in [2.24, 2.45) is 5.92 Å². The second-order valence-electron chi connectivity index (χ2n) is 6.39. The van der Waals surface area contributed by atoms with Gasteiger partial charge >= 0.3 is 5.97 Å². The van der Waals surface area contributed by atoms with Crippen LogP contribution in [-0.4, -0.2) is 55.3 Å². The Morgan fingerprint density at radius 1 is 1.33 bits per heavy atom. The molecule has 24 heavy (non-hydrogen) atoms. The second kappa shape index (κ2) is 8.15. The van der Waals surface area contributed by atoms with E-state index in [4.69, 9.17) is 14.6 Å². The van der Waals surface area contributed by atoms with Crippen molar-refractivity contribution < 1.29 is 24.2 Å². The largest absolute Gasteiger partial charge is 0.481 e. The summed E-state index contributed by atoms with van der Waals surface area (Å²) in [6.45, 7) is 5.43. The molecule has 0 bridgehead atoms. The van der Waals surface area contributed by atoms with E-state index in [0.29, 0.717) is 30.4 Å². The Labute approximate surface area is 142 Å². The summed E-state index contributed by atoms with van der Waals surface area (Å²) < 4.78 is 10.8. The van der Waals surface area contributed by atoms with E-state index in [1.54, 1.807) is 24.1 Å². The van der Waals surface area contributed by atoms with Crippen molar-refractivity contribution in [3.05, 3.63) is 28.8 Å². The van der Waals surface area contributed by atoms with E-state index >= 15 is 0 Å². The Hall–Kier alpha value is -2.08. The molecule has 1 aliphatic rings. The fourth-order valence-corrected chi connectivity index (χ4v) is 3.08. The molecule has 0 saturated carbocycles. The maximum absolute atomic E-state index is 12.7. The number of hydrogen-bond acceptors (Lipinski definition) is 4. The Morgan fingerprint density at radius 2 is 2.00 bits per heavy atom. The molecule has 1 N–H and O–H groups in total. The molecular formula is C18H25NO5. The minimum atomic E-state index is -1.02. The lowest BCUT2D eigenvalue weighted by molar-refractivity contribution is -0.139. The van der Waals surface area contributed by atoms with Crippen molar-refractivity contribution in [1.82, 2.24) is 4.90 Å². The van der Waals surface area contributed by atoms with E-state index in [9.17, 15) is 9.59 Å². The number of aliphatic carboxylic acids is 1. The van der Waals surface area contributed by atoms with Crippen LogP contribution in [0, 0.1) is 19.8 Å². The summed E-state index contributed by atoms with van der Waals surface area (Å²) in [5.74, 6) is -0.162. The average Bonchev–Trinajstić information content (AvgIpc) is 2.53. The van der Waals surface area contributed by atoms with Gasteiger partial charge < -0.3 is 19.5 Å². The maximum Gasteiger partial charge on any atom is 0.341 e. The first-order valence-electron chi connectivity index (χ1n) is 8.17. The SMILES string of the molecule is Cc1cc(C(=O)N(C)CC2CCCOC2)cc(C)c1OCC(=O)O. The lowest BCUT2D eigenvalue weighted by Crippen LogP contribution is -2.35. The first-order valence-corrected chi connectivity index (χ1v) is 8.17. The number of carbonyl (C=O) groups is 2. The summed E-state index contributed by atoms with van der Waals surface area (Å²) in [6, 6.07) is 3.50. The lowest BCUT2D eigenvalue weighted by atomic mass is 10.0. The second-order valence-corrected chi connectivity index (χ2v) is 6.39. The summed E-state index contributed by atoms with van der Waals surface area (Å²) in [4.78, 5) is 25.0. The van der Waals surface area contributed by atoms with Crippen LogP contribution in [0.3, 0.4) is 0 Å². The highest BCUT2D eigenvalue weighted by atomic mass is 16.5. The van der Waals surface area contributed by atoms with Gasteiger partial charge in [-0.3, -0.25) is 4.79 Å². The van der Waals surface area contributed by atoms with Crippen molar-refractivity contribution in [3.8, 4) is 5.75 Å². The summed E-state index contributed by atoms with van der Waals surface area (Å²) in [5.41, 5.74) is 2.11. The molecule has 1 heterocycles. The third kappa shape index (κ3) is 4.71. The number of carboxylic acid groups (broad SMARTS) is 1. The molecule has 1 saturated heterocycles. The van der Waals surface area contributed by atoms with E-state index in [1.807, 2.05) is 13.8 Å². The number of hydrogen-bond donors (Lipinski definition) is 1. The standard InChI is InChI=1S/C18H25NO5/c1-12-7-15(8-13(2)17(12)24-11-16(20)21)18(22)19(3)9-14-5-4-6-23-10-14/h7-8,14H,4-6,9-11H2,1-3H3,(H,20,21). The first kappa shape index (κ1) is 18.3. The monoisotopic (exact) mass is 335 g/mol. The van der Waals surface area contributed by atoms with Crippen LogP contribution in [-0.2, 0) is 9.53 Å². The third-order valence-electron chi connectivity index (χ3n) is 4.18. The average molecular weight is 335 g/mol. The summed E-state index contributed by atoms with van der Waals surface area (Å²) >= 11 is 0. The van der Waals surface area contributed by atoms with Gasteiger partial charge in [0, 0.05) is 25.8 Å². The van der Waals surface area contributed by atoms with Gasteiger partial charge in [-0.05, 0) is 55.9 Å². The van der Waals surface area contributed by atoms with E-state index in [-0.39, 0.29) is 5.91 Å². The van der Waals surface area contributed by atoms with Gasteiger partial charge in [0.05, 0.1) is 6.61 Å². The molecule has 1 fully saturated rings. The molecule has 1 aromatic rings. The fourth-order valence-electron chi connectivity index (χ4n) is 3.08. The molecule has 0 aromatic heterocycles. The summed E-state index contributed by atoms with van der Waals surface area (Å²) in [5, 5.41) is 8.73. The molecule has 0 radical (unpaired) electrons. The van der Waals surface area contributed by atoms with Gasteiger partial charge in [0.15, 0.2) is 6.61 Å². The van der Waals surface area contributed by atoms with E-state index in [2.05, 4.69) is 0 Å². The predicted octanol–water partition coefficient (Wildman–Crippen LogP) is 2.27. The Bertz CT molecular complexity index is 584. The number of carboxylic acids is 1. The molecule has 0 spiro atoms. The van der Waals surface area contributed by atoms with Crippen molar-refractivity contribution in [2.75, 3.05) is 33.4 Å². The van der Waals surface area contributed by atoms with Crippen LogP contribution in [0.15, 0.2) is 12.1 Å². The highest BCUT2D eigenvalue weighted by molar-refractivity contribution is 5.94. The Kier molecular flexibility index (Phi) is 6.20. The number of carbonyl (C=O) groups excluding carboxylic acids is 1.